The van der Waals surface area contributed by atoms with Gasteiger partial charge in [0.2, 0.25) is 5.91 Å². The number of ether oxygens (including phenoxy) is 2. The monoisotopic (exact) mass is 692 g/mol. The maximum Gasteiger partial charge on any atom is 0.220 e. The number of aliphatic hydroxyl groups excluding tert-OH is 5. The van der Waals surface area contributed by atoms with Crippen LogP contribution in [0.5, 0.6) is 0 Å². The van der Waals surface area contributed by atoms with Crippen LogP contribution in [0.2, 0.25) is 0 Å². The van der Waals surface area contributed by atoms with Gasteiger partial charge in [-0.25, -0.2) is 0 Å². The highest BCUT2D eigenvalue weighted by Gasteiger charge is 2.44. The Kier molecular flexibility index (Phi) is 28.1. The lowest BCUT2D eigenvalue weighted by Gasteiger charge is -2.40. The molecule has 282 valence electrons. The first-order valence-electron chi connectivity index (χ1n) is 19.0. The van der Waals surface area contributed by atoms with E-state index in [-0.39, 0.29) is 12.5 Å². The van der Waals surface area contributed by atoms with E-state index < -0.39 is 49.5 Å². The van der Waals surface area contributed by atoms with Crippen LogP contribution in [-0.4, -0.2) is 87.5 Å². The fraction of sp³-hybridized carbons (Fsp3) is 0.725. The standard InChI is InChI=1S/C40H69NO8/c1-3-5-7-9-11-13-15-17-18-20-22-24-26-28-30-36(44)41-33(32-48-40-39(47)38(46)37(45)35(31-42)49-40)34(43)29-27-25-23-21-19-16-14-12-10-8-6-4-2/h9-12,15,17,19,21,27,29,33-35,37-40,42-43,45-47H,3-8,13-14,16,18,20,22-26,28,30-32H2,1-2H3,(H,41,44)/b11-9-,12-10+,17-15-,21-19+,29-27+. The lowest BCUT2D eigenvalue weighted by molar-refractivity contribution is -0.302. The minimum Gasteiger partial charge on any atom is -0.394 e. The summed E-state index contributed by atoms with van der Waals surface area (Å²) in [6, 6.07) is -0.834. The molecule has 7 atom stereocenters. The number of hydrogen-bond acceptors (Lipinski definition) is 8. The molecular weight excluding hydrogens is 622 g/mol. The largest absolute Gasteiger partial charge is 0.394 e. The molecule has 1 saturated heterocycles. The van der Waals surface area contributed by atoms with Gasteiger partial charge < -0.3 is 40.3 Å². The summed E-state index contributed by atoms with van der Waals surface area (Å²) in [5, 5.41) is 53.8. The quantitative estimate of drug-likeness (QED) is 0.0385. The van der Waals surface area contributed by atoms with Crippen molar-refractivity contribution in [2.45, 2.75) is 172 Å². The third kappa shape index (κ3) is 22.4. The molecule has 9 nitrogen and oxygen atoms in total. The zero-order chi connectivity index (χ0) is 36.0. The fourth-order valence-corrected chi connectivity index (χ4v) is 5.36. The van der Waals surface area contributed by atoms with Crippen LogP contribution in [0, 0.1) is 0 Å². The Bertz CT molecular complexity index is 947. The number of carbonyl (C=O) groups is 1. The summed E-state index contributed by atoms with van der Waals surface area (Å²) in [6.07, 6.45) is 31.2. The first-order valence-corrected chi connectivity index (χ1v) is 19.0. The first kappa shape index (κ1) is 44.9. The molecule has 1 fully saturated rings. The molecule has 0 aromatic carbocycles. The predicted molar refractivity (Wildman–Crippen MR) is 198 cm³/mol. The number of aliphatic hydroxyl groups is 5. The Labute approximate surface area is 296 Å². The molecule has 0 bridgehead atoms. The molecule has 6 N–H and O–H groups in total. The van der Waals surface area contributed by atoms with Crippen molar-refractivity contribution in [1.29, 1.82) is 0 Å². The third-order valence-corrected chi connectivity index (χ3v) is 8.54. The van der Waals surface area contributed by atoms with Crippen LogP contribution in [0.3, 0.4) is 0 Å². The summed E-state index contributed by atoms with van der Waals surface area (Å²) in [4.78, 5) is 12.8. The molecule has 0 saturated carbocycles. The van der Waals surface area contributed by atoms with Crippen LogP contribution in [0.4, 0.5) is 0 Å². The Morgan fingerprint density at radius 1 is 0.694 bits per heavy atom. The van der Waals surface area contributed by atoms with Crippen LogP contribution in [-0.2, 0) is 14.3 Å². The lowest BCUT2D eigenvalue weighted by Crippen LogP contribution is -2.60. The summed E-state index contributed by atoms with van der Waals surface area (Å²) in [5.74, 6) is -0.212. The van der Waals surface area contributed by atoms with Gasteiger partial charge in [-0.05, 0) is 64.2 Å². The van der Waals surface area contributed by atoms with Crippen LogP contribution >= 0.6 is 0 Å². The summed E-state index contributed by atoms with van der Waals surface area (Å²) in [5.41, 5.74) is 0. The summed E-state index contributed by atoms with van der Waals surface area (Å²) in [7, 11) is 0. The van der Waals surface area contributed by atoms with E-state index in [1.165, 1.54) is 25.7 Å². The molecule has 0 aliphatic carbocycles. The highest BCUT2D eigenvalue weighted by Crippen LogP contribution is 2.22. The zero-order valence-corrected chi connectivity index (χ0v) is 30.4. The molecule has 1 aliphatic rings. The van der Waals surface area contributed by atoms with Crippen molar-refractivity contribution in [2.75, 3.05) is 13.2 Å². The number of allylic oxidation sites excluding steroid dienone is 9. The number of hydrogen-bond donors (Lipinski definition) is 6. The molecule has 0 radical (unpaired) electrons. The zero-order valence-electron chi connectivity index (χ0n) is 30.4. The molecule has 1 rings (SSSR count). The van der Waals surface area contributed by atoms with Gasteiger partial charge in [-0.3, -0.25) is 4.79 Å². The van der Waals surface area contributed by atoms with Crippen LogP contribution < -0.4 is 5.32 Å². The van der Waals surface area contributed by atoms with E-state index in [0.29, 0.717) is 6.42 Å². The third-order valence-electron chi connectivity index (χ3n) is 8.54. The van der Waals surface area contributed by atoms with Gasteiger partial charge in [-0.1, -0.05) is 120 Å². The van der Waals surface area contributed by atoms with Gasteiger partial charge in [0.05, 0.1) is 25.4 Å². The molecule has 1 aliphatic heterocycles. The van der Waals surface area contributed by atoms with E-state index in [9.17, 15) is 30.3 Å². The molecule has 49 heavy (non-hydrogen) atoms. The molecule has 1 heterocycles. The molecule has 0 aromatic heterocycles. The number of nitrogens with one attached hydrogen (secondary N) is 1. The van der Waals surface area contributed by atoms with Crippen molar-refractivity contribution in [3.05, 3.63) is 60.8 Å². The lowest BCUT2D eigenvalue weighted by atomic mass is 9.99. The average molecular weight is 692 g/mol. The number of unbranched alkanes of at least 4 members (excludes halogenated alkanes) is 11. The van der Waals surface area contributed by atoms with Gasteiger partial charge in [0.25, 0.3) is 0 Å². The molecule has 7 unspecified atom stereocenters. The van der Waals surface area contributed by atoms with Crippen molar-refractivity contribution >= 4 is 5.91 Å². The minimum absolute atomic E-state index is 0.212. The van der Waals surface area contributed by atoms with Crippen LogP contribution in [0.1, 0.15) is 129 Å². The van der Waals surface area contributed by atoms with E-state index in [4.69, 9.17) is 9.47 Å². The topological polar surface area (TPSA) is 149 Å². The average Bonchev–Trinajstić information content (AvgIpc) is 3.10. The Morgan fingerprint density at radius 2 is 1.22 bits per heavy atom. The van der Waals surface area contributed by atoms with Crippen molar-refractivity contribution < 1.29 is 39.8 Å². The number of carbonyl (C=O) groups excluding carboxylic acids is 1. The van der Waals surface area contributed by atoms with Gasteiger partial charge in [0.15, 0.2) is 6.29 Å². The van der Waals surface area contributed by atoms with E-state index in [1.54, 1.807) is 6.08 Å². The highest BCUT2D eigenvalue weighted by atomic mass is 16.7. The summed E-state index contributed by atoms with van der Waals surface area (Å²) in [6.45, 7) is 3.61. The van der Waals surface area contributed by atoms with Crippen molar-refractivity contribution in [1.82, 2.24) is 5.32 Å². The van der Waals surface area contributed by atoms with Gasteiger partial charge in [0, 0.05) is 6.42 Å². The molecule has 9 heteroatoms. The second kappa shape index (κ2) is 30.7. The second-order valence-corrected chi connectivity index (χ2v) is 13.0. The van der Waals surface area contributed by atoms with E-state index in [2.05, 4.69) is 67.8 Å². The predicted octanol–water partition coefficient (Wildman–Crippen LogP) is 6.49. The maximum atomic E-state index is 12.8. The van der Waals surface area contributed by atoms with Crippen LogP contribution in [0.25, 0.3) is 0 Å². The van der Waals surface area contributed by atoms with Gasteiger partial charge in [-0.2, -0.15) is 0 Å². The van der Waals surface area contributed by atoms with Crippen molar-refractivity contribution in [3.8, 4) is 0 Å². The van der Waals surface area contributed by atoms with Crippen molar-refractivity contribution in [2.24, 2.45) is 0 Å². The smallest absolute Gasteiger partial charge is 0.220 e. The number of amides is 1. The van der Waals surface area contributed by atoms with E-state index in [1.807, 2.05) is 6.08 Å². The van der Waals surface area contributed by atoms with Gasteiger partial charge in [-0.15, -0.1) is 0 Å². The summed E-state index contributed by atoms with van der Waals surface area (Å²) >= 11 is 0. The molecular formula is C40H69NO8. The normalized spacial score (nSPS) is 23.1. The van der Waals surface area contributed by atoms with E-state index >= 15 is 0 Å². The minimum atomic E-state index is -1.58. The van der Waals surface area contributed by atoms with Gasteiger partial charge in [0.1, 0.15) is 24.4 Å². The van der Waals surface area contributed by atoms with E-state index in [0.717, 1.165) is 83.5 Å². The first-order chi connectivity index (χ1) is 23.8. The molecule has 0 aromatic rings. The Balaban J connectivity index is 2.52. The Morgan fingerprint density at radius 3 is 1.84 bits per heavy atom. The summed E-state index contributed by atoms with van der Waals surface area (Å²) < 4.78 is 11.1. The van der Waals surface area contributed by atoms with Crippen molar-refractivity contribution in [3.63, 3.8) is 0 Å². The van der Waals surface area contributed by atoms with Crippen LogP contribution in [0.15, 0.2) is 60.8 Å². The SMILES string of the molecule is CCCC/C=C\C/C=C\CCCCCCCC(=O)NC(COC1OC(CO)C(O)C(O)C1O)C(O)/C=C/CC/C=C/CC/C=C/CCCC. The molecule has 0 spiro atoms. The number of rotatable bonds is 29. The maximum absolute atomic E-state index is 12.8. The fourth-order valence-electron chi connectivity index (χ4n) is 5.36. The Hall–Kier alpha value is -2.11. The molecule has 1 amide bonds. The second-order valence-electron chi connectivity index (χ2n) is 13.0. The van der Waals surface area contributed by atoms with Gasteiger partial charge >= 0.3 is 0 Å². The highest BCUT2D eigenvalue weighted by molar-refractivity contribution is 5.76.